The molecule has 2 unspecified atom stereocenters. The molecule has 1 aliphatic carbocycles. The standard InChI is InChI=1S/C14H17Br2NO4/c1-3-14(4-2)11(18)7-12(14)21-13-9(15)5-8(17(19)20)6-10(13)16/h5-6,11-12,18H,3-4,7H2,1-2H3. The minimum atomic E-state index is -0.450. The van der Waals surface area contributed by atoms with Gasteiger partial charge >= 0.3 is 0 Å². The molecule has 0 aliphatic heterocycles. The highest BCUT2D eigenvalue weighted by Crippen LogP contribution is 2.50. The van der Waals surface area contributed by atoms with E-state index in [4.69, 9.17) is 4.74 Å². The first-order valence-corrected chi connectivity index (χ1v) is 8.42. The van der Waals surface area contributed by atoms with Gasteiger partial charge in [-0.15, -0.1) is 0 Å². The topological polar surface area (TPSA) is 72.6 Å². The van der Waals surface area contributed by atoms with Gasteiger partial charge < -0.3 is 9.84 Å². The van der Waals surface area contributed by atoms with Crippen molar-refractivity contribution >= 4 is 37.5 Å². The van der Waals surface area contributed by atoms with Gasteiger partial charge in [0, 0.05) is 24.0 Å². The lowest BCUT2D eigenvalue weighted by molar-refractivity contribution is -0.385. The fourth-order valence-electron chi connectivity index (χ4n) is 2.98. The van der Waals surface area contributed by atoms with E-state index in [-0.39, 0.29) is 23.3 Å². The Morgan fingerprint density at radius 3 is 2.29 bits per heavy atom. The molecular formula is C14H17Br2NO4. The minimum absolute atomic E-state index is 0.00742. The Morgan fingerprint density at radius 2 is 1.90 bits per heavy atom. The Morgan fingerprint density at radius 1 is 1.38 bits per heavy atom. The predicted molar refractivity (Wildman–Crippen MR) is 86.6 cm³/mol. The lowest BCUT2D eigenvalue weighted by Crippen LogP contribution is -2.59. The quantitative estimate of drug-likeness (QED) is 0.562. The van der Waals surface area contributed by atoms with E-state index in [0.717, 1.165) is 12.8 Å². The van der Waals surface area contributed by atoms with Crippen molar-refractivity contribution in [1.29, 1.82) is 0 Å². The number of aliphatic hydroxyl groups excluding tert-OH is 1. The number of nitro benzene ring substituents is 1. The van der Waals surface area contributed by atoms with Crippen LogP contribution in [-0.4, -0.2) is 22.2 Å². The molecule has 1 N–H and O–H groups in total. The second-order valence-electron chi connectivity index (χ2n) is 5.29. The normalized spacial score (nSPS) is 23.5. The SMILES string of the molecule is CCC1(CC)C(O)CC1Oc1c(Br)cc([N+](=O)[O-])cc1Br. The molecule has 1 aliphatic rings. The number of ether oxygens (including phenoxy) is 1. The van der Waals surface area contributed by atoms with Gasteiger partial charge in [-0.3, -0.25) is 10.1 Å². The molecule has 21 heavy (non-hydrogen) atoms. The van der Waals surface area contributed by atoms with Crippen molar-refractivity contribution in [2.75, 3.05) is 0 Å². The fraction of sp³-hybridized carbons (Fsp3) is 0.571. The van der Waals surface area contributed by atoms with Crippen LogP contribution in [-0.2, 0) is 0 Å². The summed E-state index contributed by atoms with van der Waals surface area (Å²) in [6.07, 6.45) is 1.80. The molecule has 0 heterocycles. The van der Waals surface area contributed by atoms with Gasteiger partial charge in [0.2, 0.25) is 0 Å². The Balaban J connectivity index is 2.27. The number of halogens is 2. The van der Waals surface area contributed by atoms with Crippen LogP contribution in [0.15, 0.2) is 21.1 Å². The highest BCUT2D eigenvalue weighted by molar-refractivity contribution is 9.11. The lowest BCUT2D eigenvalue weighted by atomic mass is 9.60. The molecule has 116 valence electrons. The van der Waals surface area contributed by atoms with Gasteiger partial charge in [-0.25, -0.2) is 0 Å². The van der Waals surface area contributed by atoms with E-state index >= 15 is 0 Å². The Bertz CT molecular complexity index is 537. The molecule has 2 atom stereocenters. The van der Waals surface area contributed by atoms with E-state index in [2.05, 4.69) is 31.9 Å². The average molecular weight is 423 g/mol. The van der Waals surface area contributed by atoms with Crippen molar-refractivity contribution in [1.82, 2.24) is 0 Å². The van der Waals surface area contributed by atoms with E-state index in [1.807, 2.05) is 13.8 Å². The van der Waals surface area contributed by atoms with Crippen LogP contribution in [0.1, 0.15) is 33.1 Å². The Hall–Kier alpha value is -0.660. The first-order chi connectivity index (χ1) is 9.85. The van der Waals surface area contributed by atoms with Gasteiger partial charge in [0.1, 0.15) is 11.9 Å². The van der Waals surface area contributed by atoms with Gasteiger partial charge in [0.25, 0.3) is 5.69 Å². The zero-order valence-corrected chi connectivity index (χ0v) is 15.0. The molecule has 1 aromatic carbocycles. The molecule has 2 rings (SSSR count). The fourth-order valence-corrected chi connectivity index (χ4v) is 4.32. The molecule has 0 bridgehead atoms. The molecule has 7 heteroatoms. The van der Waals surface area contributed by atoms with Crippen molar-refractivity contribution in [3.8, 4) is 5.75 Å². The summed E-state index contributed by atoms with van der Waals surface area (Å²) >= 11 is 6.65. The van der Waals surface area contributed by atoms with E-state index in [1.165, 1.54) is 12.1 Å². The van der Waals surface area contributed by atoms with E-state index < -0.39 is 4.92 Å². The van der Waals surface area contributed by atoms with Gasteiger partial charge in [-0.2, -0.15) is 0 Å². The van der Waals surface area contributed by atoms with Crippen molar-refractivity contribution in [2.24, 2.45) is 5.41 Å². The Kier molecular flexibility index (Phi) is 4.95. The van der Waals surface area contributed by atoms with Gasteiger partial charge in [0.05, 0.1) is 20.0 Å². The zero-order valence-electron chi connectivity index (χ0n) is 11.8. The third-order valence-corrected chi connectivity index (χ3v) is 5.69. The molecule has 0 spiro atoms. The second kappa shape index (κ2) is 6.22. The summed E-state index contributed by atoms with van der Waals surface area (Å²) in [5.41, 5.74) is -0.243. The number of hydrogen-bond donors (Lipinski definition) is 1. The molecule has 1 aromatic rings. The maximum Gasteiger partial charge on any atom is 0.271 e. The van der Waals surface area contributed by atoms with Crippen LogP contribution in [0.4, 0.5) is 5.69 Å². The summed E-state index contributed by atoms with van der Waals surface area (Å²) in [7, 11) is 0. The first kappa shape index (κ1) is 16.7. The number of nitro groups is 1. The van der Waals surface area contributed by atoms with E-state index in [1.54, 1.807) is 0 Å². The highest BCUT2D eigenvalue weighted by atomic mass is 79.9. The van der Waals surface area contributed by atoms with Crippen LogP contribution < -0.4 is 4.74 Å². The van der Waals surface area contributed by atoms with Crippen LogP contribution in [0.25, 0.3) is 0 Å². The van der Waals surface area contributed by atoms with Gasteiger partial charge in [0.15, 0.2) is 0 Å². The molecule has 0 saturated heterocycles. The summed E-state index contributed by atoms with van der Waals surface area (Å²) in [4.78, 5) is 10.4. The van der Waals surface area contributed by atoms with Crippen LogP contribution in [0, 0.1) is 15.5 Å². The largest absolute Gasteiger partial charge is 0.487 e. The average Bonchev–Trinajstić information content (AvgIpc) is 2.42. The van der Waals surface area contributed by atoms with Gasteiger partial charge in [-0.1, -0.05) is 13.8 Å². The second-order valence-corrected chi connectivity index (χ2v) is 7.00. The van der Waals surface area contributed by atoms with Crippen LogP contribution in [0.5, 0.6) is 5.75 Å². The van der Waals surface area contributed by atoms with Crippen molar-refractivity contribution in [3.63, 3.8) is 0 Å². The zero-order chi connectivity index (χ0) is 15.8. The number of aliphatic hydroxyl groups is 1. The first-order valence-electron chi connectivity index (χ1n) is 6.83. The Labute approximate surface area is 140 Å². The number of non-ortho nitro benzene ring substituents is 1. The maximum absolute atomic E-state index is 10.8. The lowest BCUT2D eigenvalue weighted by Gasteiger charge is -2.52. The molecule has 0 aromatic heterocycles. The number of hydrogen-bond acceptors (Lipinski definition) is 4. The van der Waals surface area contributed by atoms with Crippen LogP contribution in [0.3, 0.4) is 0 Å². The number of benzene rings is 1. The molecular weight excluding hydrogens is 406 g/mol. The predicted octanol–water partition coefficient (Wildman–Crippen LogP) is 4.44. The van der Waals surface area contributed by atoms with E-state index in [0.29, 0.717) is 21.1 Å². The van der Waals surface area contributed by atoms with Crippen LogP contribution >= 0.6 is 31.9 Å². The molecule has 0 radical (unpaired) electrons. The number of nitrogens with zero attached hydrogens (tertiary/aromatic N) is 1. The van der Waals surface area contributed by atoms with Gasteiger partial charge in [-0.05, 0) is 44.7 Å². The minimum Gasteiger partial charge on any atom is -0.487 e. The number of rotatable bonds is 5. The summed E-state index contributed by atoms with van der Waals surface area (Å²) in [6, 6.07) is 2.85. The molecule has 0 amide bonds. The molecule has 5 nitrogen and oxygen atoms in total. The summed E-state index contributed by atoms with van der Waals surface area (Å²) in [6.45, 7) is 4.09. The third kappa shape index (κ3) is 2.83. The monoisotopic (exact) mass is 421 g/mol. The molecule has 1 saturated carbocycles. The van der Waals surface area contributed by atoms with E-state index in [9.17, 15) is 15.2 Å². The van der Waals surface area contributed by atoms with Crippen LogP contribution in [0.2, 0.25) is 0 Å². The summed E-state index contributed by atoms with van der Waals surface area (Å²) in [5, 5.41) is 20.9. The summed E-state index contributed by atoms with van der Waals surface area (Å²) in [5.74, 6) is 0.545. The summed E-state index contributed by atoms with van der Waals surface area (Å²) < 4.78 is 7.11. The smallest absolute Gasteiger partial charge is 0.271 e. The molecule has 1 fully saturated rings. The van der Waals surface area contributed by atoms with Crippen molar-refractivity contribution < 1.29 is 14.8 Å². The van der Waals surface area contributed by atoms with Crippen molar-refractivity contribution in [2.45, 2.75) is 45.3 Å². The highest BCUT2D eigenvalue weighted by Gasteiger charge is 2.54. The maximum atomic E-state index is 10.8. The third-order valence-electron chi connectivity index (χ3n) is 4.51. The van der Waals surface area contributed by atoms with Crippen molar-refractivity contribution in [3.05, 3.63) is 31.2 Å².